The van der Waals surface area contributed by atoms with Gasteiger partial charge in [0.2, 0.25) is 5.62 Å². The highest BCUT2D eigenvalue weighted by Gasteiger charge is 2.38. The van der Waals surface area contributed by atoms with Crippen LogP contribution in [0, 0.1) is 0 Å². The van der Waals surface area contributed by atoms with Gasteiger partial charge in [-0.25, -0.2) is 9.98 Å². The highest BCUT2D eigenvalue weighted by Crippen LogP contribution is 2.40. The fourth-order valence-corrected chi connectivity index (χ4v) is 2.09. The van der Waals surface area contributed by atoms with Gasteiger partial charge in [-0.1, -0.05) is 11.6 Å². The molecule has 148 valence electrons. The molecule has 0 spiro atoms. The molecule has 0 saturated carbocycles. The van der Waals surface area contributed by atoms with Crippen molar-refractivity contribution in [1.29, 1.82) is 0 Å². The van der Waals surface area contributed by atoms with Gasteiger partial charge >= 0.3 is 18.5 Å². The van der Waals surface area contributed by atoms with Crippen LogP contribution in [-0.4, -0.2) is 9.55 Å². The molecule has 0 N–H and O–H groups in total. The van der Waals surface area contributed by atoms with Gasteiger partial charge in [-0.3, -0.25) is 0 Å². The zero-order valence-electron chi connectivity index (χ0n) is 12.9. The quantitative estimate of drug-likeness (QED) is 0.448. The standard InChI is InChI=1S/C14H7ClF9N3/c1-27-10(15)5-9(14(22,23)24)26-11(27)25-8-3-2-6(12(16,17)18)4-7(8)13(19,20)21/h2-5H,1H3. The van der Waals surface area contributed by atoms with E-state index < -0.39 is 51.8 Å². The number of benzene rings is 1. The number of nitrogens with zero attached hydrogens (tertiary/aromatic N) is 3. The van der Waals surface area contributed by atoms with Crippen LogP contribution in [0.15, 0.2) is 29.3 Å². The number of hydrogen-bond donors (Lipinski definition) is 0. The summed E-state index contributed by atoms with van der Waals surface area (Å²) >= 11 is 5.60. The zero-order chi connectivity index (χ0) is 20.8. The Morgan fingerprint density at radius 2 is 1.48 bits per heavy atom. The van der Waals surface area contributed by atoms with Crippen molar-refractivity contribution < 1.29 is 39.5 Å². The second-order valence-electron chi connectivity index (χ2n) is 5.16. The predicted molar refractivity (Wildman–Crippen MR) is 74.9 cm³/mol. The Balaban J connectivity index is 2.78. The van der Waals surface area contributed by atoms with Gasteiger partial charge in [0, 0.05) is 13.1 Å². The monoisotopic (exact) mass is 423 g/mol. The van der Waals surface area contributed by atoms with E-state index >= 15 is 0 Å². The Kier molecular flexibility index (Phi) is 5.25. The van der Waals surface area contributed by atoms with Gasteiger partial charge < -0.3 is 4.57 Å². The molecule has 0 atom stereocenters. The molecule has 0 aliphatic carbocycles. The summed E-state index contributed by atoms with van der Waals surface area (Å²) in [7, 11) is 1.08. The van der Waals surface area contributed by atoms with E-state index in [1.54, 1.807) is 0 Å². The van der Waals surface area contributed by atoms with E-state index in [0.29, 0.717) is 18.2 Å². The Bertz CT molecular complexity index is 923. The van der Waals surface area contributed by atoms with E-state index in [0.717, 1.165) is 11.6 Å². The molecule has 1 aromatic carbocycles. The Hall–Kier alpha value is -2.24. The molecule has 0 aliphatic heterocycles. The minimum atomic E-state index is -5.25. The van der Waals surface area contributed by atoms with Gasteiger partial charge in [0.05, 0.1) is 16.8 Å². The van der Waals surface area contributed by atoms with Crippen molar-refractivity contribution in [1.82, 2.24) is 9.55 Å². The number of halogens is 10. The van der Waals surface area contributed by atoms with Crippen molar-refractivity contribution >= 4 is 17.3 Å². The van der Waals surface area contributed by atoms with Crippen molar-refractivity contribution in [3.8, 4) is 0 Å². The maximum atomic E-state index is 13.1. The first-order chi connectivity index (χ1) is 12.1. The maximum absolute atomic E-state index is 13.1. The molecule has 0 saturated heterocycles. The Morgan fingerprint density at radius 1 is 0.889 bits per heavy atom. The van der Waals surface area contributed by atoms with E-state index in [4.69, 9.17) is 11.6 Å². The van der Waals surface area contributed by atoms with Crippen molar-refractivity contribution in [3.05, 3.63) is 51.9 Å². The minimum absolute atomic E-state index is 0.186. The predicted octanol–water partition coefficient (Wildman–Crippen LogP) is 5.36. The molecule has 2 rings (SSSR count). The summed E-state index contributed by atoms with van der Waals surface area (Å²) < 4.78 is 116. The van der Waals surface area contributed by atoms with Crippen LogP contribution in [0.3, 0.4) is 0 Å². The van der Waals surface area contributed by atoms with Crippen LogP contribution >= 0.6 is 11.6 Å². The van der Waals surface area contributed by atoms with E-state index in [9.17, 15) is 39.5 Å². The second kappa shape index (κ2) is 6.73. The molecular weight excluding hydrogens is 417 g/mol. The maximum Gasteiger partial charge on any atom is 0.433 e. The average Bonchev–Trinajstić information content (AvgIpc) is 2.48. The van der Waals surface area contributed by atoms with Crippen molar-refractivity contribution in [2.45, 2.75) is 18.5 Å². The first-order valence-electron chi connectivity index (χ1n) is 6.74. The van der Waals surface area contributed by atoms with Crippen molar-refractivity contribution in [3.63, 3.8) is 0 Å². The molecule has 13 heteroatoms. The first kappa shape index (κ1) is 21.1. The number of aromatic nitrogens is 2. The van der Waals surface area contributed by atoms with E-state index in [-0.39, 0.29) is 6.07 Å². The summed E-state index contributed by atoms with van der Waals surface area (Å²) in [4.78, 5) is 6.44. The normalized spacial score (nSPS) is 14.0. The van der Waals surface area contributed by atoms with Gasteiger partial charge in [-0.05, 0) is 18.2 Å². The third kappa shape index (κ3) is 4.73. The van der Waals surface area contributed by atoms with Crippen LogP contribution in [0.25, 0.3) is 0 Å². The van der Waals surface area contributed by atoms with Crippen LogP contribution in [-0.2, 0) is 25.6 Å². The molecular formula is C14H7ClF9N3. The average molecular weight is 424 g/mol. The summed E-state index contributed by atoms with van der Waals surface area (Å²) in [6, 6.07) is 0.955. The SMILES string of the molecule is Cn1c(Cl)cc(C(F)(F)F)nc1=Nc1ccc(C(F)(F)F)cc1C(F)(F)F. The highest BCUT2D eigenvalue weighted by molar-refractivity contribution is 6.29. The highest BCUT2D eigenvalue weighted by atomic mass is 35.5. The number of rotatable bonds is 1. The lowest BCUT2D eigenvalue weighted by Crippen LogP contribution is -2.26. The van der Waals surface area contributed by atoms with Crippen LogP contribution in [0.4, 0.5) is 45.2 Å². The van der Waals surface area contributed by atoms with Crippen LogP contribution < -0.4 is 5.62 Å². The van der Waals surface area contributed by atoms with Crippen molar-refractivity contribution in [2.24, 2.45) is 12.0 Å². The lowest BCUT2D eigenvalue weighted by Gasteiger charge is -2.14. The van der Waals surface area contributed by atoms with E-state index in [2.05, 4.69) is 9.98 Å². The summed E-state index contributed by atoms with van der Waals surface area (Å²) in [6.45, 7) is 0. The van der Waals surface area contributed by atoms with Crippen molar-refractivity contribution in [2.75, 3.05) is 0 Å². The Labute approximate surface area is 149 Å². The molecule has 0 bridgehead atoms. The fraction of sp³-hybridized carbons (Fsp3) is 0.286. The third-order valence-corrected chi connectivity index (χ3v) is 3.60. The molecule has 1 heterocycles. The summed E-state index contributed by atoms with van der Waals surface area (Å²) in [5, 5.41) is -0.545. The minimum Gasteiger partial charge on any atom is -0.304 e. The smallest absolute Gasteiger partial charge is 0.304 e. The zero-order valence-corrected chi connectivity index (χ0v) is 13.7. The van der Waals surface area contributed by atoms with Gasteiger partial charge in [0.15, 0.2) is 5.69 Å². The summed E-state index contributed by atoms with van der Waals surface area (Å²) in [6.07, 6.45) is -15.3. The lowest BCUT2D eigenvalue weighted by atomic mass is 10.1. The van der Waals surface area contributed by atoms with Crippen LogP contribution in [0.2, 0.25) is 5.15 Å². The van der Waals surface area contributed by atoms with Crippen LogP contribution in [0.1, 0.15) is 16.8 Å². The van der Waals surface area contributed by atoms with Gasteiger partial charge in [-0.15, -0.1) is 0 Å². The first-order valence-corrected chi connectivity index (χ1v) is 7.12. The molecule has 3 nitrogen and oxygen atoms in total. The second-order valence-corrected chi connectivity index (χ2v) is 5.55. The van der Waals surface area contributed by atoms with Gasteiger partial charge in [0.25, 0.3) is 0 Å². The molecule has 1 aromatic heterocycles. The van der Waals surface area contributed by atoms with E-state index in [1.807, 2.05) is 0 Å². The molecule has 0 aliphatic rings. The van der Waals surface area contributed by atoms with Crippen LogP contribution in [0.5, 0.6) is 0 Å². The van der Waals surface area contributed by atoms with E-state index in [1.165, 1.54) is 0 Å². The Morgan fingerprint density at radius 3 is 1.96 bits per heavy atom. The van der Waals surface area contributed by atoms with Gasteiger partial charge in [0.1, 0.15) is 5.15 Å². The number of alkyl halides is 9. The molecule has 2 aromatic rings. The topological polar surface area (TPSA) is 30.2 Å². The lowest BCUT2D eigenvalue weighted by molar-refractivity contribution is -0.143. The summed E-state index contributed by atoms with van der Waals surface area (Å²) in [5.41, 5.74) is -6.82. The molecule has 0 amide bonds. The molecule has 0 unspecified atom stereocenters. The van der Waals surface area contributed by atoms with Gasteiger partial charge in [-0.2, -0.15) is 39.5 Å². The third-order valence-electron chi connectivity index (χ3n) is 3.24. The molecule has 0 fully saturated rings. The number of hydrogen-bond acceptors (Lipinski definition) is 2. The molecule has 27 heavy (non-hydrogen) atoms. The fourth-order valence-electron chi connectivity index (χ4n) is 1.91. The largest absolute Gasteiger partial charge is 0.433 e. The molecule has 0 radical (unpaired) electrons. The summed E-state index contributed by atoms with van der Waals surface area (Å²) in [5.74, 6) is 0.